The lowest BCUT2D eigenvalue weighted by atomic mass is 10.4. The van der Waals surface area contributed by atoms with E-state index in [1.807, 2.05) is 0 Å². The zero-order chi connectivity index (χ0) is 6.53. The molecule has 2 heteroatoms. The van der Waals surface area contributed by atoms with Crippen molar-refractivity contribution in [3.63, 3.8) is 0 Å². The monoisotopic (exact) mass is 143 g/mol. The zero-order valence-electron chi connectivity index (χ0n) is 6.10. The largest absolute Gasteiger partial charge is 0.420 e. The topological polar surface area (TPSA) is 9.23 Å². The molecule has 0 amide bonds. The van der Waals surface area contributed by atoms with Crippen molar-refractivity contribution in [3.05, 3.63) is 6.04 Å². The molecule has 53 valence electrons. The quantitative estimate of drug-likeness (QED) is 0.534. The van der Waals surface area contributed by atoms with Crippen LogP contribution in [0.2, 0.25) is 6.04 Å². The lowest BCUT2D eigenvalue weighted by molar-refractivity contribution is 0.291. The van der Waals surface area contributed by atoms with E-state index < -0.39 is 9.04 Å². The second-order valence-corrected chi connectivity index (χ2v) is 5.01. The van der Waals surface area contributed by atoms with Crippen LogP contribution in [0.15, 0.2) is 0 Å². The summed E-state index contributed by atoms with van der Waals surface area (Å²) in [6.07, 6.45) is 3.91. The maximum absolute atomic E-state index is 5.60. The van der Waals surface area contributed by atoms with Crippen molar-refractivity contribution in [2.24, 2.45) is 0 Å². The zero-order valence-corrected chi connectivity index (χ0v) is 7.25. The van der Waals surface area contributed by atoms with Gasteiger partial charge in [0.2, 0.25) is 0 Å². The minimum Gasteiger partial charge on any atom is -0.420 e. The average molecular weight is 143 g/mol. The molecule has 1 heterocycles. The normalized spacial score (nSPS) is 28.3. The Morgan fingerprint density at radius 3 is 3.00 bits per heavy atom. The highest BCUT2D eigenvalue weighted by atomic mass is 28.3. The van der Waals surface area contributed by atoms with E-state index >= 15 is 0 Å². The van der Waals surface area contributed by atoms with E-state index in [0.29, 0.717) is 0 Å². The van der Waals surface area contributed by atoms with Gasteiger partial charge in [-0.1, -0.05) is 19.8 Å². The maximum atomic E-state index is 5.60. The third kappa shape index (κ3) is 2.50. The fraction of sp³-hybridized carbons (Fsp3) is 0.857. The van der Waals surface area contributed by atoms with E-state index in [-0.39, 0.29) is 0 Å². The van der Waals surface area contributed by atoms with Crippen molar-refractivity contribution < 1.29 is 4.43 Å². The molecule has 0 N–H and O–H groups in total. The van der Waals surface area contributed by atoms with Gasteiger partial charge >= 0.3 is 0 Å². The summed E-state index contributed by atoms with van der Waals surface area (Å²) in [5.41, 5.74) is 0. The first-order valence-corrected chi connectivity index (χ1v) is 5.84. The van der Waals surface area contributed by atoms with Gasteiger partial charge in [-0.15, -0.1) is 0 Å². The van der Waals surface area contributed by atoms with Gasteiger partial charge in [-0.2, -0.15) is 0 Å². The standard InChI is InChI=1S/C7H15OSi/c1-2-6-9-7-4-3-5-8-9/h6,9H,2-5,7H2,1H3. The lowest BCUT2D eigenvalue weighted by Gasteiger charge is -2.19. The fourth-order valence-electron chi connectivity index (χ4n) is 1.21. The Balaban J connectivity index is 2.08. The summed E-state index contributed by atoms with van der Waals surface area (Å²) in [7, 11) is -0.751. The molecule has 1 nitrogen and oxygen atoms in total. The molecular formula is C7H15OSi. The van der Waals surface area contributed by atoms with E-state index in [1.54, 1.807) is 0 Å². The minimum atomic E-state index is -0.751. The minimum absolute atomic E-state index is 0.751. The summed E-state index contributed by atoms with van der Waals surface area (Å²) < 4.78 is 5.60. The van der Waals surface area contributed by atoms with Crippen LogP contribution in [0, 0.1) is 6.04 Å². The van der Waals surface area contributed by atoms with Crippen LogP contribution in [-0.2, 0) is 4.43 Å². The first-order valence-electron chi connectivity index (χ1n) is 3.88. The molecule has 0 bridgehead atoms. The molecule has 0 aromatic carbocycles. The van der Waals surface area contributed by atoms with Crippen LogP contribution in [0.4, 0.5) is 0 Å². The third-order valence-electron chi connectivity index (χ3n) is 1.71. The average Bonchev–Trinajstić information content (AvgIpc) is 1.91. The summed E-state index contributed by atoms with van der Waals surface area (Å²) >= 11 is 0. The van der Waals surface area contributed by atoms with Crippen molar-refractivity contribution in [1.29, 1.82) is 0 Å². The SMILES string of the molecule is CC[CH][SiH]1CCCCO1. The molecule has 1 unspecified atom stereocenters. The van der Waals surface area contributed by atoms with Crippen LogP contribution in [0.1, 0.15) is 26.2 Å². The van der Waals surface area contributed by atoms with Gasteiger partial charge in [0.1, 0.15) is 0 Å². The van der Waals surface area contributed by atoms with Gasteiger partial charge in [-0.05, 0) is 18.5 Å². The fourth-order valence-corrected chi connectivity index (χ4v) is 3.44. The Hall–Kier alpha value is 0.177. The van der Waals surface area contributed by atoms with E-state index in [0.717, 1.165) is 6.61 Å². The van der Waals surface area contributed by atoms with Crippen molar-refractivity contribution in [1.82, 2.24) is 0 Å². The second kappa shape index (κ2) is 4.07. The highest BCUT2D eigenvalue weighted by Gasteiger charge is 2.14. The van der Waals surface area contributed by atoms with Crippen molar-refractivity contribution in [2.75, 3.05) is 6.61 Å². The number of rotatable bonds is 2. The molecular weight excluding hydrogens is 128 g/mol. The number of hydrogen-bond acceptors (Lipinski definition) is 1. The van der Waals surface area contributed by atoms with E-state index in [4.69, 9.17) is 4.43 Å². The summed E-state index contributed by atoms with van der Waals surface area (Å²) in [6.45, 7) is 3.23. The summed E-state index contributed by atoms with van der Waals surface area (Å²) in [6, 6.07) is 3.78. The highest BCUT2D eigenvalue weighted by Crippen LogP contribution is 2.13. The molecule has 1 aliphatic rings. The summed E-state index contributed by atoms with van der Waals surface area (Å²) in [5, 5.41) is 0. The van der Waals surface area contributed by atoms with Crippen LogP contribution in [0.5, 0.6) is 0 Å². The van der Waals surface area contributed by atoms with E-state index in [2.05, 4.69) is 13.0 Å². The Morgan fingerprint density at radius 1 is 1.56 bits per heavy atom. The third-order valence-corrected chi connectivity index (χ3v) is 4.35. The molecule has 1 rings (SSSR count). The van der Waals surface area contributed by atoms with Gasteiger partial charge in [-0.25, -0.2) is 0 Å². The lowest BCUT2D eigenvalue weighted by Crippen LogP contribution is -2.23. The van der Waals surface area contributed by atoms with E-state index in [9.17, 15) is 0 Å². The molecule has 0 spiro atoms. The Morgan fingerprint density at radius 2 is 2.44 bits per heavy atom. The second-order valence-electron chi connectivity index (χ2n) is 2.55. The Labute approximate surface area is 59.1 Å². The highest BCUT2D eigenvalue weighted by molar-refractivity contribution is 6.56. The molecule has 1 atom stereocenters. The molecule has 1 aliphatic heterocycles. The molecule has 1 radical (unpaired) electrons. The number of hydrogen-bond donors (Lipinski definition) is 0. The first kappa shape index (κ1) is 7.29. The molecule has 9 heavy (non-hydrogen) atoms. The van der Waals surface area contributed by atoms with Crippen LogP contribution in [0.25, 0.3) is 0 Å². The molecule has 1 fully saturated rings. The van der Waals surface area contributed by atoms with Crippen molar-refractivity contribution >= 4 is 9.04 Å². The van der Waals surface area contributed by atoms with Gasteiger partial charge in [0.05, 0.1) is 0 Å². The maximum Gasteiger partial charge on any atom is 0.180 e. The smallest absolute Gasteiger partial charge is 0.180 e. The van der Waals surface area contributed by atoms with Gasteiger partial charge < -0.3 is 4.43 Å². The van der Waals surface area contributed by atoms with Gasteiger partial charge in [0.25, 0.3) is 0 Å². The predicted molar refractivity (Wildman–Crippen MR) is 41.7 cm³/mol. The van der Waals surface area contributed by atoms with Gasteiger partial charge in [0.15, 0.2) is 9.04 Å². The Kier molecular flexibility index (Phi) is 3.29. The van der Waals surface area contributed by atoms with Crippen LogP contribution in [0.3, 0.4) is 0 Å². The van der Waals surface area contributed by atoms with E-state index in [1.165, 1.54) is 25.3 Å². The summed E-state index contributed by atoms with van der Waals surface area (Å²) in [4.78, 5) is 0. The van der Waals surface area contributed by atoms with Gasteiger partial charge in [-0.3, -0.25) is 0 Å². The van der Waals surface area contributed by atoms with Crippen LogP contribution in [-0.4, -0.2) is 15.6 Å². The molecule has 0 aromatic heterocycles. The molecule has 1 saturated heterocycles. The van der Waals surface area contributed by atoms with Crippen LogP contribution >= 0.6 is 0 Å². The van der Waals surface area contributed by atoms with Crippen molar-refractivity contribution in [3.8, 4) is 0 Å². The van der Waals surface area contributed by atoms with Crippen LogP contribution < -0.4 is 0 Å². The van der Waals surface area contributed by atoms with Gasteiger partial charge in [0, 0.05) is 6.61 Å². The predicted octanol–water partition coefficient (Wildman–Crippen LogP) is 1.67. The Bertz CT molecular complexity index is 66.6. The molecule has 0 aliphatic carbocycles. The molecule has 0 aromatic rings. The summed E-state index contributed by atoms with van der Waals surface area (Å²) in [5.74, 6) is 0. The first-order chi connectivity index (χ1) is 4.43. The van der Waals surface area contributed by atoms with Crippen molar-refractivity contribution in [2.45, 2.75) is 32.2 Å². The molecule has 0 saturated carbocycles.